The average molecular weight is 473 g/mol. The van der Waals surface area contributed by atoms with E-state index < -0.39 is 17.9 Å². The minimum absolute atomic E-state index is 0.0198. The first-order chi connectivity index (χ1) is 16.8. The molecule has 2 aromatic rings. The predicted octanol–water partition coefficient (Wildman–Crippen LogP) is 2.21. The van der Waals surface area contributed by atoms with E-state index in [-0.39, 0.29) is 28.6 Å². The highest BCUT2D eigenvalue weighted by Gasteiger charge is 2.43. The number of anilines is 1. The van der Waals surface area contributed by atoms with Crippen LogP contribution in [0.2, 0.25) is 0 Å². The van der Waals surface area contributed by atoms with E-state index in [1.54, 1.807) is 60.5 Å². The number of carbonyl (C=O) groups excluding carboxylic acids is 3. The van der Waals surface area contributed by atoms with E-state index in [9.17, 15) is 19.6 Å². The molecular formula is C26H24N4O5. The van der Waals surface area contributed by atoms with Crippen LogP contribution in [0.1, 0.15) is 27.4 Å². The van der Waals surface area contributed by atoms with Crippen LogP contribution < -0.4 is 10.6 Å². The number of benzene rings is 2. The Balaban J connectivity index is 2.01. The van der Waals surface area contributed by atoms with E-state index in [0.29, 0.717) is 29.8 Å². The van der Waals surface area contributed by atoms with Crippen molar-refractivity contribution >= 4 is 23.5 Å². The molecule has 0 spiro atoms. The minimum atomic E-state index is -0.938. The fourth-order valence-electron chi connectivity index (χ4n) is 4.51. The third kappa shape index (κ3) is 3.89. The van der Waals surface area contributed by atoms with Crippen molar-refractivity contribution in [3.8, 4) is 6.07 Å². The van der Waals surface area contributed by atoms with Gasteiger partial charge in [-0.15, -0.1) is 0 Å². The van der Waals surface area contributed by atoms with Gasteiger partial charge in [0.2, 0.25) is 0 Å². The van der Waals surface area contributed by atoms with Crippen LogP contribution in [0.3, 0.4) is 0 Å². The highest BCUT2D eigenvalue weighted by molar-refractivity contribution is 6.06. The molecule has 178 valence electrons. The molecule has 1 unspecified atom stereocenters. The van der Waals surface area contributed by atoms with Crippen molar-refractivity contribution < 1.29 is 23.9 Å². The summed E-state index contributed by atoms with van der Waals surface area (Å²) in [4.78, 5) is 41.8. The number of amides is 1. The number of methoxy groups -OCH3 is 2. The van der Waals surface area contributed by atoms with Crippen molar-refractivity contribution in [2.75, 3.05) is 32.7 Å². The van der Waals surface area contributed by atoms with Gasteiger partial charge in [0.05, 0.1) is 37.4 Å². The number of allylic oxidation sites excluding steroid dienone is 1. The zero-order valence-corrected chi connectivity index (χ0v) is 19.6. The molecule has 2 aliphatic heterocycles. The third-order valence-corrected chi connectivity index (χ3v) is 6.25. The Hall–Kier alpha value is -4.58. The third-order valence-electron chi connectivity index (χ3n) is 6.25. The van der Waals surface area contributed by atoms with Gasteiger partial charge in [-0.1, -0.05) is 30.3 Å². The van der Waals surface area contributed by atoms with Crippen LogP contribution in [0.4, 0.5) is 5.69 Å². The Kier molecular flexibility index (Phi) is 6.30. The molecule has 0 saturated heterocycles. The lowest BCUT2D eigenvalue weighted by Gasteiger charge is -2.36. The highest BCUT2D eigenvalue weighted by Crippen LogP contribution is 2.43. The molecule has 0 aliphatic carbocycles. The second-order valence-corrected chi connectivity index (χ2v) is 8.15. The molecular weight excluding hydrogens is 448 g/mol. The van der Waals surface area contributed by atoms with E-state index in [1.165, 1.54) is 19.1 Å². The SMILES string of the molecule is COC(=O)C1=C(C(=O)OC)N(c2ccc3c(c2)CCN(C)C3=O)C(N)=C(C#N)C1c1ccccc1. The van der Waals surface area contributed by atoms with Crippen LogP contribution in [0.15, 0.2) is 71.2 Å². The second-order valence-electron chi connectivity index (χ2n) is 8.15. The summed E-state index contributed by atoms with van der Waals surface area (Å²) >= 11 is 0. The maximum atomic E-state index is 13.1. The smallest absolute Gasteiger partial charge is 0.355 e. The van der Waals surface area contributed by atoms with E-state index >= 15 is 0 Å². The lowest BCUT2D eigenvalue weighted by atomic mass is 9.81. The maximum absolute atomic E-state index is 13.1. The van der Waals surface area contributed by atoms with Crippen molar-refractivity contribution in [1.29, 1.82) is 5.26 Å². The van der Waals surface area contributed by atoms with Gasteiger partial charge in [-0.25, -0.2) is 9.59 Å². The van der Waals surface area contributed by atoms with Crippen molar-refractivity contribution in [3.05, 3.63) is 87.9 Å². The number of fused-ring (bicyclic) bond motifs is 1. The van der Waals surface area contributed by atoms with E-state index in [0.717, 1.165) is 5.56 Å². The molecule has 2 aromatic carbocycles. The Morgan fingerprint density at radius 3 is 2.40 bits per heavy atom. The molecule has 4 rings (SSSR count). The summed E-state index contributed by atoms with van der Waals surface area (Å²) in [6.45, 7) is 0.535. The van der Waals surface area contributed by atoms with Crippen molar-refractivity contribution in [2.24, 2.45) is 5.73 Å². The molecule has 0 bridgehead atoms. The molecule has 9 nitrogen and oxygen atoms in total. The fraction of sp³-hybridized carbons (Fsp3) is 0.231. The number of hydrogen-bond donors (Lipinski definition) is 1. The lowest BCUT2D eigenvalue weighted by Crippen LogP contribution is -2.41. The van der Waals surface area contributed by atoms with Crippen molar-refractivity contribution in [3.63, 3.8) is 0 Å². The van der Waals surface area contributed by atoms with Gasteiger partial charge in [-0.3, -0.25) is 9.69 Å². The van der Waals surface area contributed by atoms with Gasteiger partial charge in [0.15, 0.2) is 0 Å². The second kappa shape index (κ2) is 9.35. The number of nitrogens with two attached hydrogens (primary N) is 1. The minimum Gasteiger partial charge on any atom is -0.466 e. The molecule has 1 amide bonds. The first-order valence-corrected chi connectivity index (χ1v) is 10.9. The lowest BCUT2D eigenvalue weighted by molar-refractivity contribution is -0.139. The first-order valence-electron chi connectivity index (χ1n) is 10.9. The molecule has 2 aliphatic rings. The topological polar surface area (TPSA) is 126 Å². The molecule has 0 radical (unpaired) electrons. The van der Waals surface area contributed by atoms with Gasteiger partial charge in [-0.05, 0) is 35.7 Å². The quantitative estimate of drug-likeness (QED) is 0.672. The van der Waals surface area contributed by atoms with Gasteiger partial charge >= 0.3 is 11.9 Å². The normalized spacial score (nSPS) is 17.7. The number of hydrogen-bond acceptors (Lipinski definition) is 8. The number of esters is 2. The van der Waals surface area contributed by atoms with Gasteiger partial charge in [-0.2, -0.15) is 5.26 Å². The molecule has 0 fully saturated rings. The zero-order chi connectivity index (χ0) is 25.3. The average Bonchev–Trinajstić information content (AvgIpc) is 2.89. The number of nitriles is 1. The predicted molar refractivity (Wildman–Crippen MR) is 127 cm³/mol. The summed E-state index contributed by atoms with van der Waals surface area (Å²) in [5, 5.41) is 10.1. The largest absolute Gasteiger partial charge is 0.466 e. The van der Waals surface area contributed by atoms with Crippen LogP contribution in [-0.2, 0) is 25.5 Å². The Bertz CT molecular complexity index is 1320. The Morgan fingerprint density at radius 2 is 1.77 bits per heavy atom. The van der Waals surface area contributed by atoms with Crippen LogP contribution in [0, 0.1) is 11.3 Å². The van der Waals surface area contributed by atoms with Crippen molar-refractivity contribution in [1.82, 2.24) is 4.90 Å². The fourth-order valence-corrected chi connectivity index (χ4v) is 4.51. The van der Waals surface area contributed by atoms with E-state index in [4.69, 9.17) is 15.2 Å². The van der Waals surface area contributed by atoms with E-state index in [2.05, 4.69) is 6.07 Å². The summed E-state index contributed by atoms with van der Waals surface area (Å²) in [7, 11) is 4.13. The van der Waals surface area contributed by atoms with Crippen LogP contribution in [0.25, 0.3) is 0 Å². The molecule has 2 heterocycles. The van der Waals surface area contributed by atoms with Gasteiger partial charge in [0.25, 0.3) is 5.91 Å². The summed E-state index contributed by atoms with van der Waals surface area (Å²) in [6.07, 6.45) is 0.599. The van der Waals surface area contributed by atoms with E-state index in [1.807, 2.05) is 0 Å². The Labute approximate surface area is 202 Å². The van der Waals surface area contributed by atoms with Crippen LogP contribution in [0.5, 0.6) is 0 Å². The number of rotatable bonds is 4. The molecule has 1 atom stereocenters. The van der Waals surface area contributed by atoms with Crippen molar-refractivity contribution in [2.45, 2.75) is 12.3 Å². The summed E-state index contributed by atoms with van der Waals surface area (Å²) in [5.41, 5.74) is 8.71. The molecule has 35 heavy (non-hydrogen) atoms. The molecule has 0 saturated carbocycles. The number of ether oxygens (including phenoxy) is 2. The zero-order valence-electron chi connectivity index (χ0n) is 19.6. The maximum Gasteiger partial charge on any atom is 0.355 e. The summed E-state index contributed by atoms with van der Waals surface area (Å²) in [6, 6.07) is 15.9. The standard InChI is InChI=1S/C26H24N4O5/c1-29-12-11-16-13-17(9-10-18(16)24(29)31)30-22(26(33)35-3)21(25(32)34-2)20(19(14-27)23(30)28)15-7-5-4-6-8-15/h4-10,13,20H,11-12,28H2,1-3H3. The van der Waals surface area contributed by atoms with Gasteiger partial charge in [0, 0.05) is 24.8 Å². The Morgan fingerprint density at radius 1 is 1.09 bits per heavy atom. The summed E-state index contributed by atoms with van der Waals surface area (Å²) < 4.78 is 10.1. The highest BCUT2D eigenvalue weighted by atomic mass is 16.5. The molecule has 2 N–H and O–H groups in total. The van der Waals surface area contributed by atoms with Crippen LogP contribution >= 0.6 is 0 Å². The number of nitrogens with zero attached hydrogens (tertiary/aromatic N) is 3. The number of carbonyl (C=O) groups is 3. The summed E-state index contributed by atoms with van der Waals surface area (Å²) in [5.74, 6) is -2.68. The molecule has 0 aromatic heterocycles. The first kappa shape index (κ1) is 23.6. The van der Waals surface area contributed by atoms with Gasteiger partial charge in [0.1, 0.15) is 11.5 Å². The monoisotopic (exact) mass is 472 g/mol. The molecule has 9 heteroatoms. The number of likely N-dealkylation sites (N-methyl/N-ethyl adjacent to an activating group) is 1. The van der Waals surface area contributed by atoms with Gasteiger partial charge < -0.3 is 20.1 Å². The van der Waals surface area contributed by atoms with Crippen LogP contribution in [-0.4, -0.2) is 50.6 Å².